The van der Waals surface area contributed by atoms with Crippen LogP contribution < -0.4 is 0 Å². The van der Waals surface area contributed by atoms with Crippen molar-refractivity contribution >= 4 is 11.8 Å². The van der Waals surface area contributed by atoms with Gasteiger partial charge in [-0.2, -0.15) is 11.8 Å². The second-order valence-corrected chi connectivity index (χ2v) is 2.96. The lowest BCUT2D eigenvalue weighted by Crippen LogP contribution is -1.97. The van der Waals surface area contributed by atoms with Crippen LogP contribution in [0.4, 0.5) is 0 Å². The van der Waals surface area contributed by atoms with Crippen LogP contribution in [0, 0.1) is 6.57 Å². The van der Waals surface area contributed by atoms with Crippen LogP contribution >= 0.6 is 11.8 Å². The highest BCUT2D eigenvalue weighted by Gasteiger charge is 2.00. The lowest BCUT2D eigenvalue weighted by molar-refractivity contribution is 0.991. The van der Waals surface area contributed by atoms with Crippen molar-refractivity contribution in [3.05, 3.63) is 11.4 Å². The van der Waals surface area contributed by atoms with Crippen LogP contribution in [0.1, 0.15) is 13.8 Å². The average Bonchev–Trinajstić information content (AvgIpc) is 1.83. The monoisotopic (exact) mass is 129 g/mol. The molecule has 0 aromatic carbocycles. The first-order chi connectivity index (χ1) is 3.81. The molecule has 0 amide bonds. The molecule has 1 atom stereocenters. The molecular formula is C6H11NS. The zero-order chi connectivity index (χ0) is 6.41. The molecule has 0 bridgehead atoms. The second kappa shape index (κ2) is 4.99. The van der Waals surface area contributed by atoms with E-state index < -0.39 is 0 Å². The van der Waals surface area contributed by atoms with Crippen molar-refractivity contribution in [2.75, 3.05) is 11.5 Å². The van der Waals surface area contributed by atoms with E-state index in [1.807, 2.05) is 18.7 Å². The fourth-order valence-corrected chi connectivity index (χ4v) is 0.977. The van der Waals surface area contributed by atoms with Crippen molar-refractivity contribution in [3.63, 3.8) is 0 Å². The van der Waals surface area contributed by atoms with Crippen LogP contribution in [-0.4, -0.2) is 17.5 Å². The van der Waals surface area contributed by atoms with Crippen LogP contribution in [0.15, 0.2) is 0 Å². The van der Waals surface area contributed by atoms with E-state index in [9.17, 15) is 0 Å². The van der Waals surface area contributed by atoms with Gasteiger partial charge >= 0.3 is 0 Å². The highest BCUT2D eigenvalue weighted by Crippen LogP contribution is 2.03. The first-order valence-corrected chi connectivity index (χ1v) is 3.91. The molecule has 1 unspecified atom stereocenters. The van der Waals surface area contributed by atoms with E-state index >= 15 is 0 Å². The Hall–Kier alpha value is -0.160. The molecule has 0 aliphatic heterocycles. The number of nitrogens with zero attached hydrogens (tertiary/aromatic N) is 1. The van der Waals surface area contributed by atoms with Crippen LogP contribution in [0.25, 0.3) is 4.85 Å². The lowest BCUT2D eigenvalue weighted by atomic mass is 10.4. The zero-order valence-corrected chi connectivity index (χ0v) is 6.16. The molecular weight excluding hydrogens is 118 g/mol. The highest BCUT2D eigenvalue weighted by molar-refractivity contribution is 7.99. The molecule has 2 heteroatoms. The number of hydrogen-bond donors (Lipinski definition) is 0. The van der Waals surface area contributed by atoms with Gasteiger partial charge in [0.1, 0.15) is 0 Å². The molecule has 1 nitrogen and oxygen atoms in total. The van der Waals surface area contributed by atoms with Gasteiger partial charge in [-0.1, -0.05) is 6.92 Å². The Morgan fingerprint density at radius 1 is 1.75 bits per heavy atom. The van der Waals surface area contributed by atoms with E-state index in [-0.39, 0.29) is 6.04 Å². The molecule has 0 aromatic rings. The number of hydrogen-bond acceptors (Lipinski definition) is 1. The van der Waals surface area contributed by atoms with Gasteiger partial charge < -0.3 is 4.85 Å². The first kappa shape index (κ1) is 7.84. The lowest BCUT2D eigenvalue weighted by Gasteiger charge is -1.93. The number of rotatable bonds is 3. The van der Waals surface area contributed by atoms with Crippen molar-refractivity contribution in [1.82, 2.24) is 0 Å². The molecule has 0 saturated carbocycles. The van der Waals surface area contributed by atoms with E-state index in [1.165, 1.54) is 0 Å². The maximum Gasteiger partial charge on any atom is 0.229 e. The maximum atomic E-state index is 6.60. The predicted molar refractivity (Wildman–Crippen MR) is 39.1 cm³/mol. The summed E-state index contributed by atoms with van der Waals surface area (Å²) in [4.78, 5) is 3.36. The third kappa shape index (κ3) is 4.01. The molecule has 0 rings (SSSR count). The predicted octanol–water partition coefficient (Wildman–Crippen LogP) is 2.05. The summed E-state index contributed by atoms with van der Waals surface area (Å²) in [6.07, 6.45) is 0. The first-order valence-electron chi connectivity index (χ1n) is 2.75. The molecule has 8 heavy (non-hydrogen) atoms. The van der Waals surface area contributed by atoms with Gasteiger partial charge in [0.25, 0.3) is 0 Å². The summed E-state index contributed by atoms with van der Waals surface area (Å²) in [6, 6.07) is 0.208. The fourth-order valence-electron chi connectivity index (χ4n) is 0.326. The van der Waals surface area contributed by atoms with E-state index in [2.05, 4.69) is 11.8 Å². The van der Waals surface area contributed by atoms with Crippen LogP contribution in [0.3, 0.4) is 0 Å². The Bertz CT molecular complexity index is 85.0. The Labute approximate surface area is 55.3 Å². The van der Waals surface area contributed by atoms with Gasteiger partial charge in [-0.25, -0.2) is 6.57 Å². The van der Waals surface area contributed by atoms with E-state index in [0.29, 0.717) is 0 Å². The summed E-state index contributed by atoms with van der Waals surface area (Å²) >= 11 is 1.83. The Morgan fingerprint density at radius 3 is 2.75 bits per heavy atom. The summed E-state index contributed by atoms with van der Waals surface area (Å²) in [6.45, 7) is 10.7. The van der Waals surface area contributed by atoms with Gasteiger partial charge in [-0.05, 0) is 5.75 Å². The minimum Gasteiger partial charge on any atom is -0.313 e. The Morgan fingerprint density at radius 2 is 2.38 bits per heavy atom. The highest BCUT2D eigenvalue weighted by atomic mass is 32.2. The molecule has 0 saturated heterocycles. The SMILES string of the molecule is [C-]#[N+]C(C)CSCC. The Kier molecular flexibility index (Phi) is 4.89. The van der Waals surface area contributed by atoms with Gasteiger partial charge in [0.05, 0.1) is 5.75 Å². The van der Waals surface area contributed by atoms with Crippen molar-refractivity contribution in [2.24, 2.45) is 0 Å². The molecule has 0 spiro atoms. The zero-order valence-electron chi connectivity index (χ0n) is 5.35. The summed E-state index contributed by atoms with van der Waals surface area (Å²) in [7, 11) is 0. The van der Waals surface area contributed by atoms with Gasteiger partial charge in [0.2, 0.25) is 6.04 Å². The maximum absolute atomic E-state index is 6.60. The molecule has 0 heterocycles. The van der Waals surface area contributed by atoms with Crippen LogP contribution in [0.5, 0.6) is 0 Å². The summed E-state index contributed by atoms with van der Waals surface area (Å²) in [5.74, 6) is 2.11. The third-order valence-electron chi connectivity index (χ3n) is 0.784. The molecule has 46 valence electrons. The molecule has 0 N–H and O–H groups in total. The van der Waals surface area contributed by atoms with Gasteiger partial charge in [-0.15, -0.1) is 0 Å². The third-order valence-corrected chi connectivity index (χ3v) is 1.91. The van der Waals surface area contributed by atoms with Crippen LogP contribution in [-0.2, 0) is 0 Å². The summed E-state index contributed by atoms with van der Waals surface area (Å²) in [5, 5.41) is 0. The van der Waals surface area contributed by atoms with E-state index in [0.717, 1.165) is 11.5 Å². The van der Waals surface area contributed by atoms with Gasteiger partial charge in [-0.3, -0.25) is 0 Å². The molecule has 0 fully saturated rings. The summed E-state index contributed by atoms with van der Waals surface area (Å²) in [5.41, 5.74) is 0. The fraction of sp³-hybridized carbons (Fsp3) is 0.833. The topological polar surface area (TPSA) is 4.36 Å². The smallest absolute Gasteiger partial charge is 0.229 e. The summed E-state index contributed by atoms with van der Waals surface area (Å²) < 4.78 is 0. The largest absolute Gasteiger partial charge is 0.313 e. The normalized spacial score (nSPS) is 12.6. The van der Waals surface area contributed by atoms with E-state index in [1.54, 1.807) is 0 Å². The molecule has 0 aliphatic rings. The van der Waals surface area contributed by atoms with Crippen molar-refractivity contribution in [3.8, 4) is 0 Å². The second-order valence-electron chi connectivity index (χ2n) is 1.64. The quantitative estimate of drug-likeness (QED) is 0.528. The number of thioether (sulfide) groups is 1. The van der Waals surface area contributed by atoms with E-state index in [4.69, 9.17) is 6.57 Å². The minimum atomic E-state index is 0.208. The van der Waals surface area contributed by atoms with Crippen molar-refractivity contribution < 1.29 is 0 Å². The molecule has 0 aromatic heterocycles. The standard InChI is InChI=1S/C6H11NS/c1-4-8-5-6(2)7-3/h6H,4-5H2,1-2H3. The van der Waals surface area contributed by atoms with Gasteiger partial charge in [0.15, 0.2) is 0 Å². The minimum absolute atomic E-state index is 0.208. The average molecular weight is 129 g/mol. The van der Waals surface area contributed by atoms with Crippen molar-refractivity contribution in [1.29, 1.82) is 0 Å². The molecule has 0 aliphatic carbocycles. The van der Waals surface area contributed by atoms with Gasteiger partial charge in [0, 0.05) is 6.92 Å². The molecule has 0 radical (unpaired) electrons. The van der Waals surface area contributed by atoms with Crippen LogP contribution in [0.2, 0.25) is 0 Å². The van der Waals surface area contributed by atoms with Crippen molar-refractivity contribution in [2.45, 2.75) is 19.9 Å². The Balaban J connectivity index is 3.02.